The van der Waals surface area contributed by atoms with Crippen LogP contribution >= 0.6 is 0 Å². The van der Waals surface area contributed by atoms with E-state index in [0.717, 1.165) is 12.8 Å². The van der Waals surface area contributed by atoms with Crippen LogP contribution in [0.3, 0.4) is 0 Å². The first-order valence-corrected chi connectivity index (χ1v) is 11.9. The second-order valence-electron chi connectivity index (χ2n) is 7.69. The molecule has 0 spiro atoms. The number of unbranched alkanes of at least 4 members (excludes halogenated alkanes) is 2. The van der Waals surface area contributed by atoms with Gasteiger partial charge in [-0.3, -0.25) is 4.55 Å². The van der Waals surface area contributed by atoms with Gasteiger partial charge in [0.05, 0.1) is 5.97 Å². The van der Waals surface area contributed by atoms with E-state index in [2.05, 4.69) is 0 Å². The average Bonchev–Trinajstić information content (AvgIpc) is 2.58. The monoisotopic (exact) mass is 466 g/mol. The second kappa shape index (κ2) is 17.3. The topological polar surface area (TPSA) is 135 Å². The van der Waals surface area contributed by atoms with Gasteiger partial charge in [-0.25, -0.2) is 0 Å². The van der Waals surface area contributed by atoms with E-state index in [1.165, 1.54) is 0 Å². The summed E-state index contributed by atoms with van der Waals surface area (Å²) in [4.78, 5) is 24.5. The van der Waals surface area contributed by atoms with E-state index in [-0.39, 0.29) is 59.1 Å². The summed E-state index contributed by atoms with van der Waals surface area (Å²) < 4.78 is 34.0. The van der Waals surface area contributed by atoms with Crippen molar-refractivity contribution in [1.82, 2.24) is 0 Å². The van der Waals surface area contributed by atoms with Gasteiger partial charge in [0.15, 0.2) is 0 Å². The van der Waals surface area contributed by atoms with Crippen molar-refractivity contribution >= 4 is 22.1 Å². The average molecular weight is 467 g/mol. The van der Waals surface area contributed by atoms with Gasteiger partial charge in [-0.15, -0.1) is 0 Å². The van der Waals surface area contributed by atoms with E-state index in [9.17, 15) is 32.8 Å². The van der Waals surface area contributed by atoms with Gasteiger partial charge in [0, 0.05) is 11.4 Å². The van der Waals surface area contributed by atoms with Gasteiger partial charge >= 0.3 is 59.1 Å². The summed E-state index contributed by atoms with van der Waals surface area (Å²) >= 11 is 0. The van der Waals surface area contributed by atoms with Crippen LogP contribution in [0.1, 0.15) is 91.9 Å². The van der Waals surface area contributed by atoms with Crippen LogP contribution in [-0.2, 0) is 19.7 Å². The molecule has 0 saturated carbocycles. The number of carbonyl (C=O) groups excluding carboxylic acids is 2. The van der Waals surface area contributed by atoms with Crippen molar-refractivity contribution in [2.45, 2.75) is 97.2 Å². The molecule has 0 fully saturated rings. The van der Waals surface area contributed by atoms with Gasteiger partial charge in [-0.05, 0) is 37.5 Å². The summed E-state index contributed by atoms with van der Waals surface area (Å²) in [5.41, 5.74) is -2.23. The van der Waals surface area contributed by atoms with Gasteiger partial charge in [0.1, 0.15) is 5.25 Å². The third-order valence-electron chi connectivity index (χ3n) is 5.74. The van der Waals surface area contributed by atoms with Crippen molar-refractivity contribution in [2.24, 2.45) is 17.3 Å². The molecule has 10 heteroatoms. The summed E-state index contributed by atoms with van der Waals surface area (Å²) in [5.74, 6) is -5.30. The van der Waals surface area contributed by atoms with Gasteiger partial charge in [-0.1, -0.05) is 66.2 Å². The van der Waals surface area contributed by atoms with Gasteiger partial charge < -0.3 is 19.8 Å². The minimum Gasteiger partial charge on any atom is -0.549 e. The molecule has 1 N–H and O–H groups in total. The number of rotatable bonds is 16. The molecule has 0 aliphatic heterocycles. The van der Waals surface area contributed by atoms with Crippen LogP contribution in [-0.4, -0.2) is 30.2 Å². The maximum atomic E-state index is 12.6. The summed E-state index contributed by atoms with van der Waals surface area (Å²) in [7, 11) is -5.23. The van der Waals surface area contributed by atoms with Gasteiger partial charge in [0.25, 0.3) is 10.1 Å². The van der Waals surface area contributed by atoms with Crippen molar-refractivity contribution in [3.05, 3.63) is 0 Å². The Labute approximate surface area is 226 Å². The molecule has 3 unspecified atom stereocenters. The first kappa shape index (κ1) is 35.4. The Bertz CT molecular complexity index is 578. The number of aliphatic carboxylic acids is 2. The minimum atomic E-state index is -5.23. The molecule has 0 aliphatic carbocycles. The molecule has 0 heterocycles. The molecule has 0 rings (SSSR count). The van der Waals surface area contributed by atoms with Crippen LogP contribution in [0.2, 0.25) is 0 Å². The van der Waals surface area contributed by atoms with E-state index < -0.39 is 44.6 Å². The predicted octanol–water partition coefficient (Wildman–Crippen LogP) is -4.05. The molecular weight excluding hydrogens is 430 g/mol. The Balaban J connectivity index is -0.00000364. The van der Waals surface area contributed by atoms with Crippen molar-refractivity contribution in [3.63, 3.8) is 0 Å². The number of hydrogen-bond acceptors (Lipinski definition) is 6. The largest absolute Gasteiger partial charge is 1.00 e. The Hall–Kier alpha value is 0.850. The molecule has 0 amide bonds. The zero-order valence-electron chi connectivity index (χ0n) is 19.6. The molecular formula is C20H36Na2O7S. The van der Waals surface area contributed by atoms with Crippen LogP contribution in [0.5, 0.6) is 0 Å². The molecule has 166 valence electrons. The fourth-order valence-corrected chi connectivity index (χ4v) is 5.82. The Morgan fingerprint density at radius 3 is 1.37 bits per heavy atom. The molecule has 0 aliphatic rings. The fraction of sp³-hybridized carbons (Fsp3) is 0.900. The summed E-state index contributed by atoms with van der Waals surface area (Å²) in [6.07, 6.45) is 5.22. The normalized spacial score (nSPS) is 16.3. The van der Waals surface area contributed by atoms with Crippen LogP contribution in [0.15, 0.2) is 0 Å². The predicted molar refractivity (Wildman–Crippen MR) is 104 cm³/mol. The Kier molecular flexibility index (Phi) is 20.5. The SMILES string of the molecule is CCCCC(CCC)C(C(=O)[O-])(C(CCC)CCCC)C(C(=O)[O-])S(=O)(=O)O.[Na+].[Na+]. The maximum absolute atomic E-state index is 12.6. The molecule has 0 aromatic rings. The van der Waals surface area contributed by atoms with E-state index >= 15 is 0 Å². The Morgan fingerprint density at radius 1 is 0.800 bits per heavy atom. The minimum absolute atomic E-state index is 0. The molecule has 0 saturated heterocycles. The maximum Gasteiger partial charge on any atom is 1.00 e. The number of carboxylic acid groups (broad SMARTS) is 2. The number of carboxylic acids is 2. The van der Waals surface area contributed by atoms with E-state index in [4.69, 9.17) is 0 Å². The number of hydrogen-bond donors (Lipinski definition) is 1. The van der Waals surface area contributed by atoms with E-state index in [1.54, 1.807) is 0 Å². The summed E-state index contributed by atoms with van der Waals surface area (Å²) in [5, 5.41) is 22.0. The standard InChI is InChI=1S/C20H38O7S.2Na/c1-5-9-13-15(11-7-3)20(19(23)24,16(12-8-4)14-10-6-2)17(18(21)22)28(25,26)27;;/h15-17H,5-14H2,1-4H3,(H,21,22)(H,23,24)(H,25,26,27);;/q;2*+1/p-2. The van der Waals surface area contributed by atoms with Crippen molar-refractivity contribution in [2.75, 3.05) is 0 Å². The van der Waals surface area contributed by atoms with Crippen LogP contribution in [0, 0.1) is 17.3 Å². The first-order valence-electron chi connectivity index (χ1n) is 10.4. The van der Waals surface area contributed by atoms with Crippen molar-refractivity contribution in [3.8, 4) is 0 Å². The third-order valence-corrected chi connectivity index (χ3v) is 6.92. The Morgan fingerprint density at radius 2 is 1.17 bits per heavy atom. The third kappa shape index (κ3) is 9.38. The smallest absolute Gasteiger partial charge is 0.549 e. The van der Waals surface area contributed by atoms with Gasteiger partial charge in [-0.2, -0.15) is 8.42 Å². The zero-order chi connectivity index (χ0) is 22.0. The summed E-state index contributed by atoms with van der Waals surface area (Å²) in [6.45, 7) is 7.51. The zero-order valence-corrected chi connectivity index (χ0v) is 24.4. The molecule has 0 bridgehead atoms. The van der Waals surface area contributed by atoms with E-state index in [0.29, 0.717) is 51.4 Å². The molecule has 7 nitrogen and oxygen atoms in total. The van der Waals surface area contributed by atoms with Crippen LogP contribution < -0.4 is 69.3 Å². The van der Waals surface area contributed by atoms with Crippen molar-refractivity contribution in [1.29, 1.82) is 0 Å². The van der Waals surface area contributed by atoms with Crippen molar-refractivity contribution < 1.29 is 91.9 Å². The molecule has 0 radical (unpaired) electrons. The van der Waals surface area contributed by atoms with Crippen LogP contribution in [0.25, 0.3) is 0 Å². The molecule has 30 heavy (non-hydrogen) atoms. The summed E-state index contributed by atoms with van der Waals surface area (Å²) in [6, 6.07) is 0. The molecule has 0 aromatic heterocycles. The van der Waals surface area contributed by atoms with E-state index in [1.807, 2.05) is 27.7 Å². The van der Waals surface area contributed by atoms with Crippen LogP contribution in [0.4, 0.5) is 0 Å². The molecule has 3 atom stereocenters. The first-order chi connectivity index (χ1) is 13.0. The quantitative estimate of drug-likeness (QED) is 0.181. The fourth-order valence-electron chi connectivity index (χ4n) is 4.61. The molecule has 0 aromatic carbocycles. The second-order valence-corrected chi connectivity index (χ2v) is 9.19. The number of carbonyl (C=O) groups is 2. The van der Waals surface area contributed by atoms with Gasteiger partial charge in [0.2, 0.25) is 0 Å².